The van der Waals surface area contributed by atoms with E-state index < -0.39 is 0 Å². The van der Waals surface area contributed by atoms with E-state index in [2.05, 4.69) is 16.3 Å². The van der Waals surface area contributed by atoms with Gasteiger partial charge in [0.15, 0.2) is 0 Å². The van der Waals surface area contributed by atoms with Crippen LogP contribution in [-0.4, -0.2) is 44.7 Å². The Morgan fingerprint density at radius 3 is 2.66 bits per heavy atom. The minimum Gasteiger partial charge on any atom is -0.378 e. The zero-order chi connectivity index (χ0) is 20.6. The highest BCUT2D eigenvalue weighted by Crippen LogP contribution is 2.26. The predicted molar refractivity (Wildman–Crippen MR) is 112 cm³/mol. The summed E-state index contributed by atoms with van der Waals surface area (Å²) in [5.41, 5.74) is 2.80. The number of nitriles is 1. The molecule has 0 aromatic heterocycles. The fourth-order valence-corrected chi connectivity index (χ4v) is 3.30. The number of carbonyl (C=O) groups excluding carboxylic acids is 2. The highest BCUT2D eigenvalue weighted by atomic mass is 16.5. The van der Waals surface area contributed by atoms with E-state index in [4.69, 9.17) is 10.00 Å². The topological polar surface area (TPSA) is 85.7 Å². The molecule has 1 N–H and O–H groups in total. The molecule has 7 heteroatoms. The first-order chi connectivity index (χ1) is 14.1. The number of hydrogen-bond donors (Lipinski definition) is 1. The van der Waals surface area contributed by atoms with Gasteiger partial charge in [0.1, 0.15) is 0 Å². The lowest BCUT2D eigenvalue weighted by atomic mass is 10.2. The van der Waals surface area contributed by atoms with E-state index in [1.165, 1.54) is 11.8 Å². The predicted octanol–water partition coefficient (Wildman–Crippen LogP) is 2.78. The molecule has 0 atom stereocenters. The van der Waals surface area contributed by atoms with Gasteiger partial charge >= 0.3 is 0 Å². The molecular weight excluding hydrogens is 368 g/mol. The van der Waals surface area contributed by atoms with E-state index >= 15 is 0 Å². The van der Waals surface area contributed by atoms with Gasteiger partial charge in [0.25, 0.3) is 0 Å². The summed E-state index contributed by atoms with van der Waals surface area (Å²) >= 11 is 0. The third-order valence-corrected chi connectivity index (χ3v) is 4.76. The molecule has 1 saturated heterocycles. The van der Waals surface area contributed by atoms with Crippen molar-refractivity contribution in [3.63, 3.8) is 0 Å². The molecule has 0 unspecified atom stereocenters. The minimum atomic E-state index is -0.179. The van der Waals surface area contributed by atoms with Crippen LogP contribution < -0.4 is 15.1 Å². The molecule has 2 amide bonds. The number of hydrogen-bond acceptors (Lipinski definition) is 5. The van der Waals surface area contributed by atoms with Gasteiger partial charge in [0.05, 0.1) is 36.2 Å². The molecule has 0 saturated carbocycles. The Hall–Kier alpha value is -3.37. The number of nitrogens with one attached hydrogen (secondary N) is 1. The van der Waals surface area contributed by atoms with Crippen molar-refractivity contribution in [1.82, 2.24) is 0 Å². The molecule has 0 aliphatic carbocycles. The van der Waals surface area contributed by atoms with Crippen LogP contribution in [-0.2, 0) is 14.3 Å². The summed E-state index contributed by atoms with van der Waals surface area (Å²) in [7, 11) is 0. The molecular formula is C22H24N4O3. The van der Waals surface area contributed by atoms with Crippen molar-refractivity contribution in [1.29, 1.82) is 5.26 Å². The zero-order valence-electron chi connectivity index (χ0n) is 16.4. The maximum absolute atomic E-state index is 12.6. The molecule has 150 valence electrons. The van der Waals surface area contributed by atoms with E-state index in [0.717, 1.165) is 24.5 Å². The summed E-state index contributed by atoms with van der Waals surface area (Å²) in [6, 6.07) is 16.6. The van der Waals surface area contributed by atoms with Crippen molar-refractivity contribution in [3.8, 4) is 6.07 Å². The molecule has 0 radical (unpaired) electrons. The van der Waals surface area contributed by atoms with Crippen LogP contribution in [0.4, 0.5) is 17.1 Å². The molecule has 2 aromatic rings. The van der Waals surface area contributed by atoms with Crippen LogP contribution in [0, 0.1) is 11.3 Å². The number of para-hydroxylation sites is 2. The molecule has 29 heavy (non-hydrogen) atoms. The highest BCUT2D eigenvalue weighted by molar-refractivity contribution is 5.96. The molecule has 1 fully saturated rings. The zero-order valence-corrected chi connectivity index (χ0v) is 16.4. The minimum absolute atomic E-state index is 0.147. The van der Waals surface area contributed by atoms with Crippen LogP contribution in [0.1, 0.15) is 18.9 Å². The molecule has 7 nitrogen and oxygen atoms in total. The van der Waals surface area contributed by atoms with Crippen molar-refractivity contribution in [2.75, 3.05) is 48.0 Å². The maximum Gasteiger partial charge on any atom is 0.226 e. The Kier molecular flexibility index (Phi) is 6.82. The lowest BCUT2D eigenvalue weighted by Gasteiger charge is -2.30. The average Bonchev–Trinajstić information content (AvgIpc) is 2.75. The molecule has 1 aliphatic heterocycles. The second kappa shape index (κ2) is 9.71. The van der Waals surface area contributed by atoms with Crippen LogP contribution in [0.3, 0.4) is 0 Å². The van der Waals surface area contributed by atoms with Gasteiger partial charge in [0, 0.05) is 38.7 Å². The molecule has 1 aliphatic rings. The first-order valence-electron chi connectivity index (χ1n) is 9.58. The van der Waals surface area contributed by atoms with E-state index in [1.54, 1.807) is 24.3 Å². The fourth-order valence-electron chi connectivity index (χ4n) is 3.30. The highest BCUT2D eigenvalue weighted by Gasteiger charge is 2.17. The lowest BCUT2D eigenvalue weighted by molar-refractivity contribution is -0.117. The van der Waals surface area contributed by atoms with Crippen LogP contribution in [0.2, 0.25) is 0 Å². The first kappa shape index (κ1) is 20.4. The van der Waals surface area contributed by atoms with Gasteiger partial charge in [0.2, 0.25) is 11.8 Å². The monoisotopic (exact) mass is 392 g/mol. The van der Waals surface area contributed by atoms with Crippen LogP contribution in [0.25, 0.3) is 0 Å². The quantitative estimate of drug-likeness (QED) is 0.817. The summed E-state index contributed by atoms with van der Waals surface area (Å²) in [4.78, 5) is 28.3. The number of carbonyl (C=O) groups is 2. The largest absolute Gasteiger partial charge is 0.378 e. The fraction of sp³-hybridized carbons (Fsp3) is 0.318. The van der Waals surface area contributed by atoms with E-state index in [-0.39, 0.29) is 24.8 Å². The van der Waals surface area contributed by atoms with E-state index in [9.17, 15) is 9.59 Å². The third-order valence-electron chi connectivity index (χ3n) is 4.76. The normalized spacial score (nSPS) is 13.4. The van der Waals surface area contributed by atoms with Gasteiger partial charge in [-0.1, -0.05) is 18.2 Å². The Morgan fingerprint density at radius 2 is 1.93 bits per heavy atom. The Morgan fingerprint density at radius 1 is 1.17 bits per heavy atom. The summed E-state index contributed by atoms with van der Waals surface area (Å²) in [6.45, 7) is 4.57. The van der Waals surface area contributed by atoms with Gasteiger partial charge in [-0.25, -0.2) is 0 Å². The van der Waals surface area contributed by atoms with E-state index in [0.29, 0.717) is 24.5 Å². The van der Waals surface area contributed by atoms with Crippen molar-refractivity contribution < 1.29 is 14.3 Å². The summed E-state index contributed by atoms with van der Waals surface area (Å²) in [5, 5.41) is 12.0. The molecule has 1 heterocycles. The maximum atomic E-state index is 12.6. The third kappa shape index (κ3) is 5.33. The molecule has 0 bridgehead atoms. The average molecular weight is 392 g/mol. The standard InChI is InChI=1S/C22H24N4O3/c1-17(27)26(19-6-4-5-18(15-19)16-23)10-9-22(28)24-20-7-2-3-8-21(20)25-11-13-29-14-12-25/h2-8,15H,9-14H2,1H3,(H,24,28). The Balaban J connectivity index is 1.66. The van der Waals surface area contributed by atoms with Crippen molar-refractivity contribution in [2.45, 2.75) is 13.3 Å². The van der Waals surface area contributed by atoms with Gasteiger partial charge in [-0.3, -0.25) is 9.59 Å². The Bertz CT molecular complexity index is 916. The van der Waals surface area contributed by atoms with Gasteiger partial charge < -0.3 is 19.9 Å². The molecule has 2 aromatic carbocycles. The number of amides is 2. The molecule has 3 rings (SSSR count). The van der Waals surface area contributed by atoms with E-state index in [1.807, 2.05) is 24.3 Å². The molecule has 0 spiro atoms. The lowest BCUT2D eigenvalue weighted by Crippen LogP contribution is -2.37. The number of morpholine rings is 1. The number of anilines is 3. The number of rotatable bonds is 6. The summed E-state index contributed by atoms with van der Waals surface area (Å²) < 4.78 is 5.40. The summed E-state index contributed by atoms with van der Waals surface area (Å²) in [6.07, 6.45) is 0.147. The van der Waals surface area contributed by atoms with Gasteiger partial charge in [-0.2, -0.15) is 5.26 Å². The first-order valence-corrected chi connectivity index (χ1v) is 9.58. The second-order valence-corrected chi connectivity index (χ2v) is 6.75. The smallest absolute Gasteiger partial charge is 0.226 e. The Labute approximate surface area is 170 Å². The van der Waals surface area contributed by atoms with Crippen LogP contribution in [0.5, 0.6) is 0 Å². The van der Waals surface area contributed by atoms with Crippen molar-refractivity contribution >= 4 is 28.9 Å². The van der Waals surface area contributed by atoms with Gasteiger partial charge in [-0.15, -0.1) is 0 Å². The second-order valence-electron chi connectivity index (χ2n) is 6.75. The van der Waals surface area contributed by atoms with Crippen molar-refractivity contribution in [3.05, 3.63) is 54.1 Å². The van der Waals surface area contributed by atoms with Crippen LogP contribution >= 0.6 is 0 Å². The van der Waals surface area contributed by atoms with Gasteiger partial charge in [-0.05, 0) is 30.3 Å². The summed E-state index contributed by atoms with van der Waals surface area (Å²) in [5.74, 6) is -0.352. The number of ether oxygens (including phenoxy) is 1. The number of nitrogens with zero attached hydrogens (tertiary/aromatic N) is 3. The number of benzene rings is 2. The van der Waals surface area contributed by atoms with Crippen molar-refractivity contribution in [2.24, 2.45) is 0 Å². The SMILES string of the molecule is CC(=O)N(CCC(=O)Nc1ccccc1N1CCOCC1)c1cccc(C#N)c1. The van der Waals surface area contributed by atoms with Crippen LogP contribution in [0.15, 0.2) is 48.5 Å².